The summed E-state index contributed by atoms with van der Waals surface area (Å²) in [6.07, 6.45) is 0. The summed E-state index contributed by atoms with van der Waals surface area (Å²) in [5.41, 5.74) is 4.01. The van der Waals surface area contributed by atoms with Gasteiger partial charge in [-0.2, -0.15) is 0 Å². The fourth-order valence-electron chi connectivity index (χ4n) is 2.37. The SMILES string of the molecule is O=C(OCc1ccccc1)c1cccc2c1CN(I)C2. The first-order valence-electron chi connectivity index (χ1n) is 6.46. The van der Waals surface area contributed by atoms with Crippen LogP contribution in [0.25, 0.3) is 0 Å². The third-order valence-electron chi connectivity index (χ3n) is 3.38. The van der Waals surface area contributed by atoms with E-state index >= 15 is 0 Å². The summed E-state index contributed by atoms with van der Waals surface area (Å²) in [6, 6.07) is 15.6. The largest absolute Gasteiger partial charge is 0.457 e. The van der Waals surface area contributed by atoms with Gasteiger partial charge in [0.05, 0.1) is 5.56 Å². The molecule has 0 N–H and O–H groups in total. The zero-order valence-corrected chi connectivity index (χ0v) is 13.0. The lowest BCUT2D eigenvalue weighted by Crippen LogP contribution is -2.09. The predicted octanol–water partition coefficient (Wildman–Crippen LogP) is 3.71. The fraction of sp³-hybridized carbons (Fsp3) is 0.188. The number of carbonyl (C=O) groups excluding carboxylic acids is 1. The molecule has 0 saturated carbocycles. The molecule has 0 amide bonds. The highest BCUT2D eigenvalue weighted by atomic mass is 127. The number of nitrogens with zero attached hydrogens (tertiary/aromatic N) is 1. The van der Waals surface area contributed by atoms with Gasteiger partial charge in [-0.1, -0.05) is 42.5 Å². The minimum atomic E-state index is -0.239. The highest BCUT2D eigenvalue weighted by molar-refractivity contribution is 14.1. The maximum atomic E-state index is 12.2. The highest BCUT2D eigenvalue weighted by Gasteiger charge is 2.23. The van der Waals surface area contributed by atoms with Gasteiger partial charge >= 0.3 is 5.97 Å². The summed E-state index contributed by atoms with van der Waals surface area (Å²) in [4.78, 5) is 12.2. The molecule has 2 aromatic rings. The fourth-order valence-corrected chi connectivity index (χ4v) is 3.08. The summed E-state index contributed by atoms with van der Waals surface area (Å²) in [6.45, 7) is 2.00. The Balaban J connectivity index is 1.74. The summed E-state index contributed by atoms with van der Waals surface area (Å²) in [7, 11) is 0. The van der Waals surface area contributed by atoms with Crippen LogP contribution < -0.4 is 0 Å². The minimum absolute atomic E-state index is 0.239. The minimum Gasteiger partial charge on any atom is -0.457 e. The third-order valence-corrected chi connectivity index (χ3v) is 4.06. The van der Waals surface area contributed by atoms with E-state index < -0.39 is 0 Å². The molecule has 3 rings (SSSR count). The molecule has 2 aromatic carbocycles. The number of hydrogen-bond acceptors (Lipinski definition) is 3. The first-order chi connectivity index (χ1) is 9.74. The van der Waals surface area contributed by atoms with E-state index in [4.69, 9.17) is 4.74 Å². The number of rotatable bonds is 3. The van der Waals surface area contributed by atoms with Crippen molar-refractivity contribution < 1.29 is 9.53 Å². The molecule has 0 aliphatic carbocycles. The van der Waals surface area contributed by atoms with Crippen LogP contribution in [-0.2, 0) is 24.4 Å². The normalized spacial score (nSPS) is 14.1. The number of hydrogen-bond donors (Lipinski definition) is 0. The van der Waals surface area contributed by atoms with Gasteiger partial charge in [0.15, 0.2) is 0 Å². The van der Waals surface area contributed by atoms with Crippen molar-refractivity contribution in [3.63, 3.8) is 0 Å². The lowest BCUT2D eigenvalue weighted by atomic mass is 10.0. The van der Waals surface area contributed by atoms with E-state index in [1.807, 2.05) is 42.5 Å². The Hall–Kier alpha value is -1.40. The van der Waals surface area contributed by atoms with Gasteiger partial charge in [0.1, 0.15) is 6.61 Å². The first kappa shape index (κ1) is 13.6. The van der Waals surface area contributed by atoms with Gasteiger partial charge in [0, 0.05) is 36.0 Å². The molecule has 20 heavy (non-hydrogen) atoms. The van der Waals surface area contributed by atoms with Gasteiger partial charge in [-0.3, -0.25) is 0 Å². The zero-order chi connectivity index (χ0) is 13.9. The number of benzene rings is 2. The van der Waals surface area contributed by atoms with Crippen molar-refractivity contribution in [3.05, 3.63) is 70.8 Å². The molecular weight excluding hydrogens is 365 g/mol. The van der Waals surface area contributed by atoms with Crippen LogP contribution in [0, 0.1) is 0 Å². The Kier molecular flexibility index (Phi) is 4.03. The second kappa shape index (κ2) is 5.93. The monoisotopic (exact) mass is 379 g/mol. The molecule has 0 saturated heterocycles. The smallest absolute Gasteiger partial charge is 0.338 e. The molecule has 102 valence electrons. The molecule has 0 fully saturated rings. The number of fused-ring (bicyclic) bond motifs is 1. The van der Waals surface area contributed by atoms with Crippen LogP contribution in [0.15, 0.2) is 48.5 Å². The van der Waals surface area contributed by atoms with E-state index in [0.717, 1.165) is 24.2 Å². The van der Waals surface area contributed by atoms with Crippen molar-refractivity contribution in [3.8, 4) is 0 Å². The van der Waals surface area contributed by atoms with Crippen LogP contribution >= 0.6 is 22.9 Å². The highest BCUT2D eigenvalue weighted by Crippen LogP contribution is 2.28. The molecule has 0 radical (unpaired) electrons. The second-order valence-corrected chi connectivity index (χ2v) is 6.15. The van der Waals surface area contributed by atoms with Gasteiger partial charge in [-0.15, -0.1) is 0 Å². The van der Waals surface area contributed by atoms with E-state index in [9.17, 15) is 4.79 Å². The molecule has 0 spiro atoms. The van der Waals surface area contributed by atoms with Gasteiger partial charge in [-0.25, -0.2) is 7.91 Å². The van der Waals surface area contributed by atoms with E-state index in [1.54, 1.807) is 0 Å². The zero-order valence-electron chi connectivity index (χ0n) is 10.9. The van der Waals surface area contributed by atoms with Crippen molar-refractivity contribution in [1.82, 2.24) is 3.11 Å². The number of esters is 1. The van der Waals surface area contributed by atoms with Gasteiger partial charge < -0.3 is 4.74 Å². The standard InChI is InChI=1S/C16H14INO2/c17-18-9-13-7-4-8-14(15(13)10-18)16(19)20-11-12-5-2-1-3-6-12/h1-8H,9-11H2. The summed E-state index contributed by atoms with van der Waals surface area (Å²) in [5.74, 6) is -0.239. The average Bonchev–Trinajstić information content (AvgIpc) is 2.85. The van der Waals surface area contributed by atoms with Crippen molar-refractivity contribution >= 4 is 28.8 Å². The number of ether oxygens (including phenoxy) is 1. The second-order valence-electron chi connectivity index (χ2n) is 4.78. The average molecular weight is 379 g/mol. The van der Waals surface area contributed by atoms with Gasteiger partial charge in [0.2, 0.25) is 0 Å². The van der Waals surface area contributed by atoms with Gasteiger partial charge in [-0.05, 0) is 22.8 Å². The van der Waals surface area contributed by atoms with Crippen molar-refractivity contribution in [2.45, 2.75) is 19.7 Å². The van der Waals surface area contributed by atoms with Crippen LogP contribution in [0.4, 0.5) is 0 Å². The topological polar surface area (TPSA) is 29.5 Å². The van der Waals surface area contributed by atoms with Crippen LogP contribution in [0.3, 0.4) is 0 Å². The Labute approximate surface area is 132 Å². The molecule has 0 atom stereocenters. The van der Waals surface area contributed by atoms with Crippen LogP contribution in [0.2, 0.25) is 0 Å². The van der Waals surface area contributed by atoms with Crippen molar-refractivity contribution in [2.24, 2.45) is 0 Å². The molecule has 3 nitrogen and oxygen atoms in total. The summed E-state index contributed by atoms with van der Waals surface area (Å²) in [5, 5.41) is 0. The molecule has 1 heterocycles. The quantitative estimate of drug-likeness (QED) is 0.463. The Morgan fingerprint density at radius 3 is 2.70 bits per heavy atom. The molecule has 0 unspecified atom stereocenters. The number of halogens is 1. The summed E-state index contributed by atoms with van der Waals surface area (Å²) >= 11 is 2.28. The third kappa shape index (κ3) is 2.86. The molecule has 0 bridgehead atoms. The van der Waals surface area contributed by atoms with E-state index in [-0.39, 0.29) is 5.97 Å². The first-order valence-corrected chi connectivity index (χ1v) is 7.43. The molecule has 1 aliphatic heterocycles. The molecule has 0 aromatic heterocycles. The lowest BCUT2D eigenvalue weighted by molar-refractivity contribution is 0.0471. The van der Waals surface area contributed by atoms with Crippen LogP contribution in [0.1, 0.15) is 27.0 Å². The van der Waals surface area contributed by atoms with Crippen LogP contribution in [0.5, 0.6) is 0 Å². The Morgan fingerprint density at radius 2 is 1.90 bits per heavy atom. The lowest BCUT2D eigenvalue weighted by Gasteiger charge is -2.08. The van der Waals surface area contributed by atoms with Crippen LogP contribution in [-0.4, -0.2) is 9.08 Å². The van der Waals surface area contributed by atoms with E-state index in [1.165, 1.54) is 5.56 Å². The maximum Gasteiger partial charge on any atom is 0.338 e. The van der Waals surface area contributed by atoms with E-state index in [2.05, 4.69) is 32.0 Å². The molecule has 1 aliphatic rings. The Morgan fingerprint density at radius 1 is 1.10 bits per heavy atom. The Bertz CT molecular complexity index is 628. The predicted molar refractivity (Wildman–Crippen MR) is 85.3 cm³/mol. The molecule has 4 heteroatoms. The number of carbonyl (C=O) groups is 1. The van der Waals surface area contributed by atoms with E-state index in [0.29, 0.717) is 12.2 Å². The van der Waals surface area contributed by atoms with Gasteiger partial charge in [0.25, 0.3) is 0 Å². The van der Waals surface area contributed by atoms with Crippen molar-refractivity contribution in [1.29, 1.82) is 0 Å². The molecular formula is C16H14INO2. The maximum absolute atomic E-state index is 12.2. The van der Waals surface area contributed by atoms with Crippen molar-refractivity contribution in [2.75, 3.05) is 0 Å². The summed E-state index contributed by atoms with van der Waals surface area (Å²) < 4.78 is 7.58.